The molecule has 0 bridgehead atoms. The van der Waals surface area contributed by atoms with Crippen LogP contribution in [0.15, 0.2) is 29.3 Å². The first kappa shape index (κ1) is 12.1. The molecule has 0 aliphatic carbocycles. The SMILES string of the molecule is Cc1nc(=O)c(Cc2ccc(Cl)nc2)cn1S. The third-order valence-corrected chi connectivity index (χ3v) is 2.96. The van der Waals surface area contributed by atoms with Crippen molar-refractivity contribution in [3.05, 3.63) is 57.0 Å². The van der Waals surface area contributed by atoms with Crippen LogP contribution in [0.3, 0.4) is 0 Å². The van der Waals surface area contributed by atoms with Crippen molar-refractivity contribution in [2.45, 2.75) is 13.3 Å². The molecule has 2 heterocycles. The minimum absolute atomic E-state index is 0.234. The highest BCUT2D eigenvalue weighted by Crippen LogP contribution is 2.09. The third kappa shape index (κ3) is 2.87. The molecule has 0 N–H and O–H groups in total. The van der Waals surface area contributed by atoms with E-state index in [0.29, 0.717) is 23.0 Å². The van der Waals surface area contributed by atoms with Crippen LogP contribution in [0.1, 0.15) is 17.0 Å². The van der Waals surface area contributed by atoms with Crippen molar-refractivity contribution < 1.29 is 0 Å². The molecule has 2 aromatic heterocycles. The van der Waals surface area contributed by atoms with E-state index < -0.39 is 0 Å². The summed E-state index contributed by atoms with van der Waals surface area (Å²) in [6.07, 6.45) is 3.78. The Morgan fingerprint density at radius 1 is 1.47 bits per heavy atom. The van der Waals surface area contributed by atoms with E-state index in [1.54, 1.807) is 25.4 Å². The standard InChI is InChI=1S/C11H10ClN3OS/c1-7-14-11(16)9(6-15(7)17)4-8-2-3-10(12)13-5-8/h2-3,5-6,17H,4H2,1H3. The monoisotopic (exact) mass is 267 g/mol. The predicted octanol–water partition coefficient (Wildman–Crippen LogP) is 1.88. The Balaban J connectivity index is 2.33. The zero-order chi connectivity index (χ0) is 12.4. The van der Waals surface area contributed by atoms with Gasteiger partial charge in [-0.1, -0.05) is 30.5 Å². The number of nitrogens with zero attached hydrogens (tertiary/aromatic N) is 3. The van der Waals surface area contributed by atoms with Crippen molar-refractivity contribution in [2.75, 3.05) is 0 Å². The average Bonchev–Trinajstić information content (AvgIpc) is 2.29. The van der Waals surface area contributed by atoms with Gasteiger partial charge in [-0.25, -0.2) is 4.98 Å². The van der Waals surface area contributed by atoms with E-state index in [0.717, 1.165) is 5.56 Å². The van der Waals surface area contributed by atoms with E-state index in [9.17, 15) is 4.79 Å². The van der Waals surface area contributed by atoms with E-state index in [4.69, 9.17) is 11.6 Å². The zero-order valence-electron chi connectivity index (χ0n) is 9.09. The van der Waals surface area contributed by atoms with Crippen molar-refractivity contribution in [2.24, 2.45) is 0 Å². The fourth-order valence-electron chi connectivity index (χ4n) is 1.42. The van der Waals surface area contributed by atoms with E-state index in [2.05, 4.69) is 22.8 Å². The highest BCUT2D eigenvalue weighted by atomic mass is 35.5. The number of aryl methyl sites for hydroxylation is 1. The third-order valence-electron chi connectivity index (χ3n) is 2.33. The summed E-state index contributed by atoms with van der Waals surface area (Å²) in [4.78, 5) is 19.5. The van der Waals surface area contributed by atoms with Crippen LogP contribution in [0.2, 0.25) is 5.15 Å². The van der Waals surface area contributed by atoms with Crippen molar-refractivity contribution in [3.63, 3.8) is 0 Å². The van der Waals surface area contributed by atoms with Gasteiger partial charge in [-0.05, 0) is 18.6 Å². The summed E-state index contributed by atoms with van der Waals surface area (Å²) < 4.78 is 1.53. The molecule has 6 heteroatoms. The van der Waals surface area contributed by atoms with Gasteiger partial charge in [-0.15, -0.1) is 0 Å². The molecule has 0 fully saturated rings. The lowest BCUT2D eigenvalue weighted by atomic mass is 10.1. The highest BCUT2D eigenvalue weighted by Gasteiger charge is 2.05. The van der Waals surface area contributed by atoms with Crippen molar-refractivity contribution in [1.29, 1.82) is 0 Å². The summed E-state index contributed by atoms with van der Waals surface area (Å²) in [7, 11) is 0. The first-order chi connectivity index (χ1) is 8.06. The maximum absolute atomic E-state index is 11.7. The topological polar surface area (TPSA) is 47.8 Å². The van der Waals surface area contributed by atoms with Crippen LogP contribution >= 0.6 is 24.4 Å². The molecule has 0 saturated carbocycles. The van der Waals surface area contributed by atoms with Gasteiger partial charge in [-0.3, -0.25) is 8.77 Å². The number of aromatic nitrogens is 3. The number of rotatable bonds is 2. The second-order valence-corrected chi connectivity index (χ2v) is 4.45. The zero-order valence-corrected chi connectivity index (χ0v) is 10.7. The van der Waals surface area contributed by atoms with E-state index in [1.807, 2.05) is 6.07 Å². The quantitative estimate of drug-likeness (QED) is 0.668. The van der Waals surface area contributed by atoms with Gasteiger partial charge in [0.25, 0.3) is 5.56 Å². The van der Waals surface area contributed by atoms with Gasteiger partial charge in [0.05, 0.1) is 0 Å². The Labute approximate surface area is 109 Å². The van der Waals surface area contributed by atoms with Crippen LogP contribution in [0, 0.1) is 6.92 Å². The van der Waals surface area contributed by atoms with E-state index in [-0.39, 0.29) is 5.56 Å². The predicted molar refractivity (Wildman–Crippen MR) is 69.7 cm³/mol. The Kier molecular flexibility index (Phi) is 3.49. The van der Waals surface area contributed by atoms with Crippen LogP contribution in [0.4, 0.5) is 0 Å². The minimum atomic E-state index is -0.234. The van der Waals surface area contributed by atoms with E-state index >= 15 is 0 Å². The molecule has 0 amide bonds. The molecule has 0 spiro atoms. The molecule has 0 unspecified atom stereocenters. The summed E-state index contributed by atoms with van der Waals surface area (Å²) in [5.74, 6) is 0.566. The minimum Gasteiger partial charge on any atom is -0.281 e. The molecular weight excluding hydrogens is 258 g/mol. The molecule has 17 heavy (non-hydrogen) atoms. The van der Waals surface area contributed by atoms with Crippen LogP contribution in [-0.4, -0.2) is 13.9 Å². The molecule has 2 rings (SSSR count). The summed E-state index contributed by atoms with van der Waals surface area (Å²) in [6.45, 7) is 1.72. The maximum Gasteiger partial charge on any atom is 0.276 e. The van der Waals surface area contributed by atoms with Gasteiger partial charge in [-0.2, -0.15) is 4.98 Å². The fraction of sp³-hybridized carbons (Fsp3) is 0.182. The lowest BCUT2D eigenvalue weighted by Gasteiger charge is -2.05. The highest BCUT2D eigenvalue weighted by molar-refractivity contribution is 7.78. The first-order valence-electron chi connectivity index (χ1n) is 4.95. The molecule has 4 nitrogen and oxygen atoms in total. The Hall–Kier alpha value is -1.33. The molecule has 0 aromatic carbocycles. The van der Waals surface area contributed by atoms with Crippen molar-refractivity contribution in [3.8, 4) is 0 Å². The summed E-state index contributed by atoms with van der Waals surface area (Å²) in [5, 5.41) is 0.433. The Morgan fingerprint density at radius 2 is 2.24 bits per heavy atom. The molecule has 0 aliphatic rings. The molecular formula is C11H10ClN3OS. The smallest absolute Gasteiger partial charge is 0.276 e. The summed E-state index contributed by atoms with van der Waals surface area (Å²) in [6, 6.07) is 3.52. The molecule has 0 aliphatic heterocycles. The van der Waals surface area contributed by atoms with Gasteiger partial charge in [0, 0.05) is 24.4 Å². The molecule has 2 aromatic rings. The van der Waals surface area contributed by atoms with Crippen molar-refractivity contribution >= 4 is 24.4 Å². The maximum atomic E-state index is 11.7. The van der Waals surface area contributed by atoms with Crippen LogP contribution < -0.4 is 5.56 Å². The molecule has 88 valence electrons. The largest absolute Gasteiger partial charge is 0.281 e. The molecule has 0 atom stereocenters. The van der Waals surface area contributed by atoms with Gasteiger partial charge >= 0.3 is 0 Å². The van der Waals surface area contributed by atoms with E-state index in [1.165, 1.54) is 3.97 Å². The number of hydrogen-bond donors (Lipinski definition) is 1. The second-order valence-electron chi connectivity index (χ2n) is 3.63. The van der Waals surface area contributed by atoms with Gasteiger partial charge in [0.15, 0.2) is 0 Å². The number of halogens is 1. The van der Waals surface area contributed by atoms with Gasteiger partial charge < -0.3 is 0 Å². The Morgan fingerprint density at radius 3 is 2.88 bits per heavy atom. The number of pyridine rings is 1. The molecule has 0 radical (unpaired) electrons. The average molecular weight is 268 g/mol. The normalized spacial score (nSPS) is 10.5. The first-order valence-corrected chi connectivity index (χ1v) is 5.73. The Bertz CT molecular complexity index is 595. The van der Waals surface area contributed by atoms with Gasteiger partial charge in [0.2, 0.25) is 0 Å². The van der Waals surface area contributed by atoms with Crippen LogP contribution in [0.5, 0.6) is 0 Å². The summed E-state index contributed by atoms with van der Waals surface area (Å²) in [5.41, 5.74) is 1.25. The fourth-order valence-corrected chi connectivity index (χ4v) is 1.71. The number of thiol groups is 1. The summed E-state index contributed by atoms with van der Waals surface area (Å²) >= 11 is 9.87. The lowest BCUT2D eigenvalue weighted by molar-refractivity contribution is 0.934. The number of hydrogen-bond acceptors (Lipinski definition) is 4. The lowest BCUT2D eigenvalue weighted by Crippen LogP contribution is -2.17. The van der Waals surface area contributed by atoms with Crippen LogP contribution in [-0.2, 0) is 6.42 Å². The molecule has 0 saturated heterocycles. The van der Waals surface area contributed by atoms with Crippen molar-refractivity contribution in [1.82, 2.24) is 13.9 Å². The van der Waals surface area contributed by atoms with Gasteiger partial charge in [0.1, 0.15) is 11.0 Å². The van der Waals surface area contributed by atoms with Crippen LogP contribution in [0.25, 0.3) is 0 Å². The second kappa shape index (κ2) is 4.89.